The summed E-state index contributed by atoms with van der Waals surface area (Å²) >= 11 is 0. The van der Waals surface area contributed by atoms with Gasteiger partial charge in [-0.3, -0.25) is 9.48 Å². The van der Waals surface area contributed by atoms with Crippen molar-refractivity contribution in [2.75, 3.05) is 0 Å². The second kappa shape index (κ2) is 10.6. The van der Waals surface area contributed by atoms with Crippen LogP contribution in [0, 0.1) is 6.92 Å². The molecule has 0 aliphatic heterocycles. The maximum Gasteiger partial charge on any atom is 0.272 e. The van der Waals surface area contributed by atoms with Crippen LogP contribution < -0.4 is 10.1 Å². The van der Waals surface area contributed by atoms with Gasteiger partial charge in [-0.05, 0) is 68.0 Å². The number of unbranched alkanes of at least 4 members (excludes halogenated alkanes) is 1. The van der Waals surface area contributed by atoms with Crippen LogP contribution in [0.3, 0.4) is 0 Å². The van der Waals surface area contributed by atoms with E-state index in [1.165, 1.54) is 18.4 Å². The smallest absolute Gasteiger partial charge is 0.272 e. The Labute approximate surface area is 202 Å². The van der Waals surface area contributed by atoms with E-state index in [0.29, 0.717) is 18.0 Å². The quantitative estimate of drug-likeness (QED) is 0.369. The van der Waals surface area contributed by atoms with Gasteiger partial charge in [0, 0.05) is 13.6 Å². The van der Waals surface area contributed by atoms with Gasteiger partial charge in [0.2, 0.25) is 0 Å². The number of carbonyl (C=O) groups is 1. The number of carbonyl (C=O) groups excluding carboxylic acids is 1. The molecule has 0 atom stereocenters. The van der Waals surface area contributed by atoms with Gasteiger partial charge in [-0.2, -0.15) is 5.10 Å². The van der Waals surface area contributed by atoms with Crippen molar-refractivity contribution < 1.29 is 14.6 Å². The van der Waals surface area contributed by atoms with Gasteiger partial charge < -0.3 is 15.2 Å². The minimum Gasteiger partial charge on any atom is -0.509 e. The molecule has 0 aliphatic carbocycles. The van der Waals surface area contributed by atoms with Crippen LogP contribution in [0.25, 0.3) is 11.3 Å². The number of hydrogen-bond donors (Lipinski definition) is 2. The molecule has 3 aromatic rings. The van der Waals surface area contributed by atoms with Crippen LogP contribution in [-0.4, -0.2) is 26.4 Å². The molecule has 0 radical (unpaired) electrons. The zero-order valence-corrected chi connectivity index (χ0v) is 20.8. The summed E-state index contributed by atoms with van der Waals surface area (Å²) in [5.41, 5.74) is 4.61. The standard InChI is InChI=1S/C28H35N3O3/c1-7-8-9-21-10-13-23(14-11-21)25-17-24(30-31(25)6)27(33)29-18-22-12-15-26(19(2)16-22)34-28(4,5)20(3)32/h10-17,32H,3,7-9,18H2,1-2,4-6H3,(H,29,33). The normalized spacial score (nSPS) is 11.3. The maximum absolute atomic E-state index is 12.8. The molecule has 0 bridgehead atoms. The fourth-order valence-electron chi connectivity index (χ4n) is 3.61. The van der Waals surface area contributed by atoms with Crippen molar-refractivity contribution in [3.63, 3.8) is 0 Å². The second-order valence-corrected chi connectivity index (χ2v) is 9.18. The molecule has 3 rings (SSSR count). The minimum absolute atomic E-state index is 0.0367. The number of amides is 1. The molecule has 180 valence electrons. The average molecular weight is 462 g/mol. The van der Waals surface area contributed by atoms with Crippen molar-refractivity contribution in [3.8, 4) is 17.0 Å². The fraction of sp³-hybridized carbons (Fsp3) is 0.357. The number of aromatic nitrogens is 2. The Hall–Kier alpha value is -3.54. The summed E-state index contributed by atoms with van der Waals surface area (Å²) in [6, 6.07) is 16.0. The van der Waals surface area contributed by atoms with E-state index in [1.807, 2.05) is 38.2 Å². The van der Waals surface area contributed by atoms with E-state index < -0.39 is 5.60 Å². The molecule has 0 unspecified atom stereocenters. The molecule has 6 nitrogen and oxygen atoms in total. The number of nitrogens with one attached hydrogen (secondary N) is 1. The van der Waals surface area contributed by atoms with Crippen molar-refractivity contribution in [1.82, 2.24) is 15.1 Å². The van der Waals surface area contributed by atoms with Crippen LogP contribution in [0.4, 0.5) is 0 Å². The average Bonchev–Trinajstić information content (AvgIpc) is 3.19. The molecule has 2 N–H and O–H groups in total. The molecule has 2 aromatic carbocycles. The number of benzene rings is 2. The van der Waals surface area contributed by atoms with Crippen LogP contribution in [-0.2, 0) is 20.0 Å². The predicted octanol–water partition coefficient (Wildman–Crippen LogP) is 5.90. The zero-order valence-electron chi connectivity index (χ0n) is 20.8. The van der Waals surface area contributed by atoms with Gasteiger partial charge in [-0.15, -0.1) is 0 Å². The lowest BCUT2D eigenvalue weighted by Gasteiger charge is -2.26. The van der Waals surface area contributed by atoms with Crippen LogP contribution in [0.5, 0.6) is 5.75 Å². The Balaban J connectivity index is 1.64. The molecular weight excluding hydrogens is 426 g/mol. The van der Waals surface area contributed by atoms with Gasteiger partial charge in [0.05, 0.1) is 5.69 Å². The Morgan fingerprint density at radius 3 is 2.44 bits per heavy atom. The van der Waals surface area contributed by atoms with Crippen molar-refractivity contribution in [1.29, 1.82) is 0 Å². The first-order chi connectivity index (χ1) is 16.1. The van der Waals surface area contributed by atoms with E-state index in [0.717, 1.165) is 28.8 Å². The Morgan fingerprint density at radius 2 is 1.82 bits per heavy atom. The van der Waals surface area contributed by atoms with E-state index in [-0.39, 0.29) is 11.7 Å². The summed E-state index contributed by atoms with van der Waals surface area (Å²) in [5.74, 6) is 0.396. The highest BCUT2D eigenvalue weighted by molar-refractivity contribution is 5.93. The summed E-state index contributed by atoms with van der Waals surface area (Å²) in [5, 5.41) is 17.1. The third kappa shape index (κ3) is 6.07. The third-order valence-corrected chi connectivity index (χ3v) is 5.93. The highest BCUT2D eigenvalue weighted by Gasteiger charge is 2.24. The molecule has 1 amide bonds. The summed E-state index contributed by atoms with van der Waals surface area (Å²) in [6.45, 7) is 11.6. The Bertz CT molecular complexity index is 1160. The topological polar surface area (TPSA) is 76.4 Å². The number of rotatable bonds is 10. The lowest BCUT2D eigenvalue weighted by Crippen LogP contribution is -2.30. The van der Waals surface area contributed by atoms with Gasteiger partial charge >= 0.3 is 0 Å². The molecule has 6 heteroatoms. The number of aliphatic hydroxyl groups excluding tert-OH is 1. The van der Waals surface area contributed by atoms with E-state index in [4.69, 9.17) is 4.74 Å². The van der Waals surface area contributed by atoms with Gasteiger partial charge in [0.1, 0.15) is 11.5 Å². The van der Waals surface area contributed by atoms with Crippen molar-refractivity contribution in [3.05, 3.63) is 83.3 Å². The predicted molar refractivity (Wildman–Crippen MR) is 136 cm³/mol. The fourth-order valence-corrected chi connectivity index (χ4v) is 3.61. The molecule has 1 heterocycles. The van der Waals surface area contributed by atoms with Crippen molar-refractivity contribution >= 4 is 5.91 Å². The lowest BCUT2D eigenvalue weighted by atomic mass is 10.0. The van der Waals surface area contributed by atoms with Gasteiger partial charge in [0.15, 0.2) is 11.3 Å². The Kier molecular flexibility index (Phi) is 7.82. The van der Waals surface area contributed by atoms with E-state index in [2.05, 4.69) is 48.2 Å². The van der Waals surface area contributed by atoms with Crippen LogP contribution in [0.15, 0.2) is 60.9 Å². The van der Waals surface area contributed by atoms with E-state index >= 15 is 0 Å². The summed E-state index contributed by atoms with van der Waals surface area (Å²) in [7, 11) is 1.85. The number of aliphatic hydroxyl groups is 1. The molecule has 0 spiro atoms. The number of aryl methyl sites for hydroxylation is 3. The molecule has 0 saturated carbocycles. The molecule has 34 heavy (non-hydrogen) atoms. The highest BCUT2D eigenvalue weighted by Crippen LogP contribution is 2.27. The van der Waals surface area contributed by atoms with Crippen LogP contribution >= 0.6 is 0 Å². The third-order valence-electron chi connectivity index (χ3n) is 5.93. The van der Waals surface area contributed by atoms with E-state index in [9.17, 15) is 9.90 Å². The highest BCUT2D eigenvalue weighted by atomic mass is 16.5. The second-order valence-electron chi connectivity index (χ2n) is 9.18. The van der Waals surface area contributed by atoms with Crippen molar-refractivity contribution in [2.24, 2.45) is 7.05 Å². The summed E-state index contributed by atoms with van der Waals surface area (Å²) < 4.78 is 7.62. The van der Waals surface area contributed by atoms with Gasteiger partial charge in [0.25, 0.3) is 5.91 Å². The largest absolute Gasteiger partial charge is 0.509 e. The van der Waals surface area contributed by atoms with Crippen LogP contribution in [0.2, 0.25) is 0 Å². The van der Waals surface area contributed by atoms with Gasteiger partial charge in [-0.25, -0.2) is 0 Å². The SMILES string of the molecule is C=C(O)C(C)(C)Oc1ccc(CNC(=O)c2cc(-c3ccc(CCCC)cc3)n(C)n2)cc1C. The maximum atomic E-state index is 12.8. The molecule has 0 aliphatic rings. The lowest BCUT2D eigenvalue weighted by molar-refractivity contribution is 0.0945. The first-order valence-corrected chi connectivity index (χ1v) is 11.7. The Morgan fingerprint density at radius 1 is 1.15 bits per heavy atom. The minimum atomic E-state index is -0.882. The number of hydrogen-bond acceptors (Lipinski definition) is 4. The molecule has 0 saturated heterocycles. The molecule has 1 aromatic heterocycles. The van der Waals surface area contributed by atoms with Gasteiger partial charge in [-0.1, -0.05) is 56.3 Å². The summed E-state index contributed by atoms with van der Waals surface area (Å²) in [6.07, 6.45) is 3.44. The summed E-state index contributed by atoms with van der Waals surface area (Å²) in [4.78, 5) is 12.8. The monoisotopic (exact) mass is 461 g/mol. The van der Waals surface area contributed by atoms with E-state index in [1.54, 1.807) is 18.5 Å². The number of nitrogens with zero attached hydrogens (tertiary/aromatic N) is 2. The number of ether oxygens (including phenoxy) is 1. The van der Waals surface area contributed by atoms with Crippen LogP contribution in [0.1, 0.15) is 60.8 Å². The van der Waals surface area contributed by atoms with Crippen molar-refractivity contribution in [2.45, 2.75) is 59.1 Å². The molecule has 0 fully saturated rings. The zero-order chi connectivity index (χ0) is 24.9. The molecular formula is C28H35N3O3. The first kappa shape index (κ1) is 25.1. The first-order valence-electron chi connectivity index (χ1n) is 11.7.